The number of aromatic nitrogens is 2. The van der Waals surface area contributed by atoms with Crippen LogP contribution in [0.25, 0.3) is 22.3 Å². The first-order valence-electron chi connectivity index (χ1n) is 8.55. The number of carbonyl (C=O) groups is 1. The minimum atomic E-state index is -0.485. The van der Waals surface area contributed by atoms with Crippen molar-refractivity contribution in [3.8, 4) is 17.0 Å². The maximum atomic E-state index is 12.4. The van der Waals surface area contributed by atoms with Crippen LogP contribution in [0.5, 0.6) is 5.75 Å². The van der Waals surface area contributed by atoms with Crippen molar-refractivity contribution >= 4 is 45.2 Å². The van der Waals surface area contributed by atoms with E-state index >= 15 is 0 Å². The number of aryl methyl sites for hydroxylation is 1. The fraction of sp³-hybridized carbons (Fsp3) is 0.100. The van der Waals surface area contributed by atoms with Crippen molar-refractivity contribution < 1.29 is 14.5 Å². The Labute approximate surface area is 173 Å². The van der Waals surface area contributed by atoms with Gasteiger partial charge in [-0.2, -0.15) is 0 Å². The highest BCUT2D eigenvalue weighted by Crippen LogP contribution is 2.35. The second-order valence-electron chi connectivity index (χ2n) is 6.16. The molecule has 0 radical (unpaired) electrons. The highest BCUT2D eigenvalue weighted by atomic mass is 32.1. The highest BCUT2D eigenvalue weighted by Gasteiger charge is 2.20. The van der Waals surface area contributed by atoms with E-state index in [1.807, 2.05) is 29.0 Å². The number of nitro groups is 1. The van der Waals surface area contributed by atoms with E-state index in [0.29, 0.717) is 21.8 Å². The Bertz CT molecular complexity index is 1250. The number of rotatable bonds is 6. The summed E-state index contributed by atoms with van der Waals surface area (Å²) in [4.78, 5) is 30.4. The normalized spacial score (nSPS) is 11.4. The predicted molar refractivity (Wildman–Crippen MR) is 114 cm³/mol. The summed E-state index contributed by atoms with van der Waals surface area (Å²) in [6.45, 7) is 1.97. The van der Waals surface area contributed by atoms with Gasteiger partial charge in [0.15, 0.2) is 16.5 Å². The van der Waals surface area contributed by atoms with E-state index in [0.717, 1.165) is 9.84 Å². The Morgan fingerprint density at radius 1 is 1.34 bits per heavy atom. The average Bonchev–Trinajstić information content (AvgIpc) is 3.42. The van der Waals surface area contributed by atoms with Crippen molar-refractivity contribution in [2.75, 3.05) is 7.11 Å². The van der Waals surface area contributed by atoms with Gasteiger partial charge in [0.25, 0.3) is 0 Å². The molecule has 0 fully saturated rings. The van der Waals surface area contributed by atoms with Gasteiger partial charge in [0, 0.05) is 22.7 Å². The van der Waals surface area contributed by atoms with E-state index < -0.39 is 4.92 Å². The molecule has 7 nitrogen and oxygen atoms in total. The van der Waals surface area contributed by atoms with Crippen LogP contribution in [0.3, 0.4) is 0 Å². The number of hydrogen-bond donors (Lipinski definition) is 0. The van der Waals surface area contributed by atoms with E-state index in [4.69, 9.17) is 4.74 Å². The lowest BCUT2D eigenvalue weighted by atomic mass is 10.1. The lowest BCUT2D eigenvalue weighted by Gasteiger charge is -2.04. The summed E-state index contributed by atoms with van der Waals surface area (Å²) in [6, 6.07) is 8.31. The van der Waals surface area contributed by atoms with Crippen molar-refractivity contribution in [2.45, 2.75) is 6.92 Å². The molecule has 0 spiro atoms. The third kappa shape index (κ3) is 3.57. The average molecular weight is 425 g/mol. The monoisotopic (exact) mass is 425 g/mol. The van der Waals surface area contributed by atoms with E-state index in [9.17, 15) is 14.9 Å². The van der Waals surface area contributed by atoms with Crippen LogP contribution in [0.15, 0.2) is 48.0 Å². The van der Waals surface area contributed by atoms with Gasteiger partial charge in [-0.05, 0) is 42.7 Å². The molecule has 9 heteroatoms. The Morgan fingerprint density at radius 2 is 2.17 bits per heavy atom. The molecule has 0 saturated heterocycles. The Balaban J connectivity index is 1.84. The Kier molecular flexibility index (Phi) is 4.99. The number of thiophene rings is 1. The van der Waals surface area contributed by atoms with Crippen molar-refractivity contribution in [3.63, 3.8) is 0 Å². The largest absolute Gasteiger partial charge is 0.490 e. The summed E-state index contributed by atoms with van der Waals surface area (Å²) >= 11 is 2.88. The molecular formula is C20H15N3O4S2. The summed E-state index contributed by atoms with van der Waals surface area (Å²) < 4.78 is 6.98. The number of thiazole rings is 1. The van der Waals surface area contributed by atoms with E-state index in [2.05, 4.69) is 4.98 Å². The van der Waals surface area contributed by atoms with Gasteiger partial charge in [-0.25, -0.2) is 4.98 Å². The fourth-order valence-corrected chi connectivity index (χ4v) is 4.46. The van der Waals surface area contributed by atoms with Gasteiger partial charge in [-0.1, -0.05) is 6.07 Å². The molecule has 4 aromatic rings. The Morgan fingerprint density at radius 3 is 2.86 bits per heavy atom. The molecule has 0 aliphatic carbocycles. The van der Waals surface area contributed by atoms with Gasteiger partial charge >= 0.3 is 5.69 Å². The zero-order chi connectivity index (χ0) is 20.5. The molecular weight excluding hydrogens is 410 g/mol. The molecule has 0 N–H and O–H groups in total. The molecule has 4 rings (SSSR count). The van der Waals surface area contributed by atoms with Crippen LogP contribution in [-0.2, 0) is 0 Å². The summed E-state index contributed by atoms with van der Waals surface area (Å²) in [7, 11) is 1.39. The van der Waals surface area contributed by atoms with Crippen LogP contribution in [-0.4, -0.2) is 27.2 Å². The summed E-state index contributed by atoms with van der Waals surface area (Å²) in [5.74, 6) is 0.0779. The van der Waals surface area contributed by atoms with Crippen LogP contribution in [0.2, 0.25) is 0 Å². The number of hydrogen-bond acceptors (Lipinski definition) is 7. The van der Waals surface area contributed by atoms with Crippen molar-refractivity contribution in [1.82, 2.24) is 9.38 Å². The van der Waals surface area contributed by atoms with Gasteiger partial charge in [-0.3, -0.25) is 19.3 Å². The maximum absolute atomic E-state index is 12.4. The molecule has 0 atom stereocenters. The third-order valence-electron chi connectivity index (χ3n) is 4.28. The first-order valence-corrected chi connectivity index (χ1v) is 10.2. The lowest BCUT2D eigenvalue weighted by Crippen LogP contribution is -1.95. The zero-order valence-electron chi connectivity index (χ0n) is 15.5. The number of nitro benzene ring substituents is 1. The molecule has 1 aromatic carbocycles. The minimum Gasteiger partial charge on any atom is -0.490 e. The molecule has 0 aliphatic heterocycles. The minimum absolute atomic E-state index is 0.103. The van der Waals surface area contributed by atoms with Crippen molar-refractivity contribution in [3.05, 3.63) is 73.5 Å². The quantitative estimate of drug-likeness (QED) is 0.182. The second-order valence-corrected chi connectivity index (χ2v) is 8.32. The molecule has 3 heterocycles. The highest BCUT2D eigenvalue weighted by molar-refractivity contribution is 7.17. The number of carbonyl (C=O) groups excluding carboxylic acids is 1. The lowest BCUT2D eigenvalue weighted by molar-refractivity contribution is -0.385. The maximum Gasteiger partial charge on any atom is 0.311 e. The molecule has 0 bridgehead atoms. The van der Waals surface area contributed by atoms with Crippen LogP contribution in [0.4, 0.5) is 5.69 Å². The number of imidazole rings is 1. The van der Waals surface area contributed by atoms with E-state index in [-0.39, 0.29) is 17.2 Å². The number of ketones is 1. The third-order valence-corrected chi connectivity index (χ3v) is 6.07. The van der Waals surface area contributed by atoms with E-state index in [1.54, 1.807) is 24.3 Å². The fourth-order valence-electron chi connectivity index (χ4n) is 2.98. The summed E-state index contributed by atoms with van der Waals surface area (Å²) in [5.41, 5.74) is 1.70. The molecule has 3 aromatic heterocycles. The first-order chi connectivity index (χ1) is 14.0. The van der Waals surface area contributed by atoms with Crippen LogP contribution >= 0.6 is 22.7 Å². The zero-order valence-corrected chi connectivity index (χ0v) is 17.1. The number of fused-ring (bicyclic) bond motifs is 1. The topological polar surface area (TPSA) is 86.7 Å². The van der Waals surface area contributed by atoms with Gasteiger partial charge in [-0.15, -0.1) is 22.7 Å². The Hall–Kier alpha value is -3.30. The number of nitrogens with zero attached hydrogens (tertiary/aromatic N) is 3. The molecule has 29 heavy (non-hydrogen) atoms. The number of benzene rings is 1. The van der Waals surface area contributed by atoms with Crippen LogP contribution in [0.1, 0.15) is 20.2 Å². The number of ether oxygens (including phenoxy) is 1. The van der Waals surface area contributed by atoms with Crippen LogP contribution < -0.4 is 4.74 Å². The van der Waals surface area contributed by atoms with E-state index in [1.165, 1.54) is 41.9 Å². The molecule has 0 unspecified atom stereocenters. The van der Waals surface area contributed by atoms with Gasteiger partial charge in [0.2, 0.25) is 0 Å². The predicted octanol–water partition coefficient (Wildman–Crippen LogP) is 5.25. The molecule has 0 aliphatic rings. The molecule has 0 saturated carbocycles. The van der Waals surface area contributed by atoms with Gasteiger partial charge in [0.1, 0.15) is 0 Å². The number of methoxy groups -OCH3 is 1. The van der Waals surface area contributed by atoms with Crippen LogP contribution in [0, 0.1) is 17.0 Å². The van der Waals surface area contributed by atoms with Gasteiger partial charge < -0.3 is 4.74 Å². The standard InChI is InChI=1S/C20H15N3O4S2/c1-12-11-22-14(6-7-16(24)18-4-3-9-28-18)19(21-20(22)29-12)13-5-8-17(27-2)15(10-13)23(25)26/h3-11H,1-2H3/b7-6+. The number of allylic oxidation sites excluding steroid dienone is 1. The van der Waals surface area contributed by atoms with Crippen molar-refractivity contribution in [2.24, 2.45) is 0 Å². The van der Waals surface area contributed by atoms with Gasteiger partial charge in [0.05, 0.1) is 28.3 Å². The van der Waals surface area contributed by atoms with Crippen molar-refractivity contribution in [1.29, 1.82) is 0 Å². The summed E-state index contributed by atoms with van der Waals surface area (Å²) in [5, 5.41) is 13.3. The smallest absolute Gasteiger partial charge is 0.311 e. The second kappa shape index (κ2) is 7.61. The summed E-state index contributed by atoms with van der Waals surface area (Å²) in [6.07, 6.45) is 5.15. The molecule has 0 amide bonds. The first kappa shape index (κ1) is 19.0. The SMILES string of the molecule is COc1ccc(-c2nc3sc(C)cn3c2/C=C/C(=O)c2cccs2)cc1[N+](=O)[O-]. The molecule has 146 valence electrons.